The van der Waals surface area contributed by atoms with Gasteiger partial charge in [0.05, 0.1) is 26.0 Å². The summed E-state index contributed by atoms with van der Waals surface area (Å²) < 4.78 is 0. The lowest BCUT2D eigenvalue weighted by atomic mass is 10.2. The molecule has 4 unspecified atom stereocenters. The van der Waals surface area contributed by atoms with E-state index < -0.39 is 67.2 Å². The first-order valence-corrected chi connectivity index (χ1v) is 9.01. The van der Waals surface area contributed by atoms with Gasteiger partial charge in [0.25, 0.3) is 0 Å². The van der Waals surface area contributed by atoms with Crippen molar-refractivity contribution in [3.63, 3.8) is 0 Å². The number of primary amides is 1. The number of hydrogen-bond donors (Lipinski definition) is 12. The van der Waals surface area contributed by atoms with Crippen LogP contribution in [0.4, 0.5) is 0 Å². The summed E-state index contributed by atoms with van der Waals surface area (Å²) in [4.78, 5) is 56.0. The first kappa shape index (κ1) is 34.9. The molecule has 17 N–H and O–H groups in total. The number of amides is 1. The molecule has 0 aliphatic rings. The van der Waals surface area contributed by atoms with Crippen LogP contribution in [0, 0.1) is 0 Å². The minimum atomic E-state index is -1.21. The number of carboxylic acids is 4. The van der Waals surface area contributed by atoms with Crippen molar-refractivity contribution in [2.24, 2.45) is 28.7 Å². The van der Waals surface area contributed by atoms with E-state index in [9.17, 15) is 24.0 Å². The molecule has 0 aromatic carbocycles. The Morgan fingerprint density at radius 1 is 0.765 bits per heavy atom. The van der Waals surface area contributed by atoms with E-state index in [4.69, 9.17) is 53.6 Å². The minimum absolute atomic E-state index is 0.287. The van der Waals surface area contributed by atoms with Crippen LogP contribution in [0.3, 0.4) is 0 Å². The van der Waals surface area contributed by atoms with Gasteiger partial charge in [-0.15, -0.1) is 0 Å². The van der Waals surface area contributed by atoms with Crippen LogP contribution < -0.4 is 28.7 Å². The summed E-state index contributed by atoms with van der Waals surface area (Å²) in [6, 6.07) is -4.27. The Bertz CT molecular complexity index is 726. The number of rotatable bonds is 10. The highest BCUT2D eigenvalue weighted by Crippen LogP contribution is 1.95. The van der Waals surface area contributed by atoms with Crippen LogP contribution in [0.1, 0.15) is 12.1 Å². The van der Waals surface area contributed by atoms with E-state index in [0.717, 1.165) is 5.69 Å². The highest BCUT2D eigenvalue weighted by atomic mass is 16.4. The first-order valence-electron chi connectivity index (χ1n) is 9.01. The van der Waals surface area contributed by atoms with E-state index in [0.29, 0.717) is 0 Å². The number of nitrogens with zero attached hydrogens (tertiary/aromatic N) is 1. The fourth-order valence-electron chi connectivity index (χ4n) is 1.18. The lowest BCUT2D eigenvalue weighted by Crippen LogP contribution is -2.34. The lowest BCUT2D eigenvalue weighted by molar-refractivity contribution is -0.140. The second kappa shape index (κ2) is 20.0. The Labute approximate surface area is 192 Å². The largest absolute Gasteiger partial charge is 0.480 e. The van der Waals surface area contributed by atoms with Crippen molar-refractivity contribution >= 4 is 29.8 Å². The van der Waals surface area contributed by atoms with Crippen LogP contribution >= 0.6 is 0 Å². The van der Waals surface area contributed by atoms with E-state index in [-0.39, 0.29) is 12.8 Å². The van der Waals surface area contributed by atoms with Crippen molar-refractivity contribution in [3.05, 3.63) is 18.2 Å². The molecule has 0 aliphatic heterocycles. The fourth-order valence-corrected chi connectivity index (χ4v) is 1.18. The van der Waals surface area contributed by atoms with Crippen molar-refractivity contribution in [2.45, 2.75) is 37.0 Å². The number of carbonyl (C=O) groups is 5. The van der Waals surface area contributed by atoms with Gasteiger partial charge in [-0.2, -0.15) is 0 Å². The number of nitrogens with one attached hydrogen (secondary N) is 1. The van der Waals surface area contributed by atoms with Crippen LogP contribution in [0.5, 0.6) is 0 Å². The number of imidazole rings is 1. The summed E-state index contributed by atoms with van der Waals surface area (Å²) in [6.07, 6.45) is 3.03. The van der Waals surface area contributed by atoms with Crippen molar-refractivity contribution < 1.29 is 54.6 Å². The van der Waals surface area contributed by atoms with E-state index in [1.807, 2.05) is 0 Å². The highest BCUT2D eigenvalue weighted by Gasteiger charge is 2.13. The van der Waals surface area contributed by atoms with Crippen molar-refractivity contribution in [1.29, 1.82) is 0 Å². The van der Waals surface area contributed by atoms with Crippen LogP contribution in [0.2, 0.25) is 0 Å². The number of aliphatic hydroxyl groups excluding tert-OH is 2. The van der Waals surface area contributed by atoms with Gasteiger partial charge in [0.15, 0.2) is 0 Å². The average molecular weight is 497 g/mol. The van der Waals surface area contributed by atoms with Crippen molar-refractivity contribution in [1.82, 2.24) is 9.97 Å². The van der Waals surface area contributed by atoms with Gasteiger partial charge in [-0.3, -0.25) is 24.0 Å². The maximum atomic E-state index is 10.3. The monoisotopic (exact) mass is 497 g/mol. The number of nitrogens with two attached hydrogens (primary N) is 5. The molecule has 1 amide bonds. The molecule has 1 heterocycles. The number of H-pyrrole nitrogens is 1. The van der Waals surface area contributed by atoms with E-state index in [1.165, 1.54) is 6.33 Å². The maximum Gasteiger partial charge on any atom is 0.322 e. The SMILES string of the molecule is NC(=O)CC(N)C(=O)O.NC(CO)C(=O)O.NC(CO)C(=O)O.NC(Cc1cnc[nH]1)C(=O)O. The second-order valence-corrected chi connectivity index (χ2v) is 6.10. The molecule has 1 aromatic rings. The molecule has 0 bridgehead atoms. The molecule has 18 heteroatoms. The minimum Gasteiger partial charge on any atom is -0.480 e. The third-order valence-electron chi connectivity index (χ3n) is 3.08. The van der Waals surface area contributed by atoms with Crippen molar-refractivity contribution in [2.75, 3.05) is 13.2 Å². The molecule has 0 aliphatic carbocycles. The van der Waals surface area contributed by atoms with Gasteiger partial charge in [-0.05, 0) is 0 Å². The molecule has 18 nitrogen and oxygen atoms in total. The molecule has 34 heavy (non-hydrogen) atoms. The van der Waals surface area contributed by atoms with Gasteiger partial charge in [0.1, 0.15) is 24.2 Å². The summed E-state index contributed by atoms with van der Waals surface area (Å²) in [5.74, 6) is -5.27. The smallest absolute Gasteiger partial charge is 0.322 e. The van der Waals surface area contributed by atoms with Gasteiger partial charge in [-0.1, -0.05) is 0 Å². The third kappa shape index (κ3) is 21.5. The van der Waals surface area contributed by atoms with Crippen LogP contribution in [0.15, 0.2) is 12.5 Å². The summed E-state index contributed by atoms with van der Waals surface area (Å²) in [6.45, 7) is -1.01. The topological polar surface area (TPSA) is 366 Å². The Balaban J connectivity index is -0.000000385. The zero-order valence-electron chi connectivity index (χ0n) is 17.9. The molecular formula is C16H31N7O11. The van der Waals surface area contributed by atoms with Crippen molar-refractivity contribution in [3.8, 4) is 0 Å². The van der Waals surface area contributed by atoms with Gasteiger partial charge in [-0.25, -0.2) is 4.98 Å². The molecule has 1 aromatic heterocycles. The number of aromatic nitrogens is 2. The lowest BCUT2D eigenvalue weighted by Gasteiger charge is -2.02. The Kier molecular flexibility index (Phi) is 20.5. The number of aromatic amines is 1. The average Bonchev–Trinajstić information content (AvgIpc) is 3.26. The Morgan fingerprint density at radius 2 is 1.15 bits per heavy atom. The number of aliphatic hydroxyl groups is 2. The fraction of sp³-hybridized carbons (Fsp3) is 0.500. The molecule has 4 atom stereocenters. The summed E-state index contributed by atoms with van der Waals surface area (Å²) in [7, 11) is 0. The summed E-state index contributed by atoms with van der Waals surface area (Å²) in [5.41, 5.74) is 25.1. The number of aliphatic carboxylic acids is 4. The molecule has 0 fully saturated rings. The Hall–Kier alpha value is -3.68. The normalized spacial score (nSPS) is 13.0. The van der Waals surface area contributed by atoms with Gasteiger partial charge in [0.2, 0.25) is 5.91 Å². The number of carbonyl (C=O) groups excluding carboxylic acids is 1. The van der Waals surface area contributed by atoms with Gasteiger partial charge in [0, 0.05) is 18.3 Å². The van der Waals surface area contributed by atoms with E-state index in [2.05, 4.69) is 15.7 Å². The second-order valence-electron chi connectivity index (χ2n) is 6.10. The van der Waals surface area contributed by atoms with Gasteiger partial charge < -0.3 is 64.3 Å². The van der Waals surface area contributed by atoms with Crippen LogP contribution in [-0.4, -0.2) is 108 Å². The predicted molar refractivity (Wildman–Crippen MR) is 113 cm³/mol. The predicted octanol–water partition coefficient (Wildman–Crippen LogP) is -5.58. The first-order chi connectivity index (χ1) is 15.6. The molecule has 0 spiro atoms. The molecule has 0 saturated carbocycles. The standard InChI is InChI=1S/C6H9N3O2.C4H8N2O3.2C3H7NO3/c7-5(6(10)11)1-4-2-8-3-9-4;5-2(4(8)9)1-3(6)7;2*4-2(1-5)3(6)7/h2-3,5H,1,7H2,(H,8,9)(H,10,11);2H,1,5H2,(H2,6,7)(H,8,9);2*2,5H,1,4H2,(H,6,7). The van der Waals surface area contributed by atoms with Crippen LogP contribution in [0.25, 0.3) is 0 Å². The van der Waals surface area contributed by atoms with Crippen LogP contribution in [-0.2, 0) is 30.4 Å². The molecular weight excluding hydrogens is 466 g/mol. The zero-order valence-corrected chi connectivity index (χ0v) is 17.9. The highest BCUT2D eigenvalue weighted by molar-refractivity contribution is 5.83. The summed E-state index contributed by atoms with van der Waals surface area (Å²) >= 11 is 0. The van der Waals surface area contributed by atoms with Gasteiger partial charge >= 0.3 is 23.9 Å². The number of hydrogen-bond acceptors (Lipinski definition) is 12. The number of carboxylic acid groups (broad SMARTS) is 4. The molecule has 1 rings (SSSR count). The zero-order chi connectivity index (χ0) is 27.4. The Morgan fingerprint density at radius 3 is 1.32 bits per heavy atom. The molecule has 196 valence electrons. The third-order valence-corrected chi connectivity index (χ3v) is 3.08. The molecule has 0 radical (unpaired) electrons. The molecule has 0 saturated heterocycles. The van der Waals surface area contributed by atoms with E-state index >= 15 is 0 Å². The quantitative estimate of drug-likeness (QED) is 0.143. The summed E-state index contributed by atoms with van der Waals surface area (Å²) in [5, 5.41) is 48.3. The van der Waals surface area contributed by atoms with E-state index in [1.54, 1.807) is 6.20 Å². The maximum absolute atomic E-state index is 10.3.